The molecule has 1 atom stereocenters. The fourth-order valence-corrected chi connectivity index (χ4v) is 4.21. The highest BCUT2D eigenvalue weighted by Gasteiger charge is 2.30. The highest BCUT2D eigenvalue weighted by Crippen LogP contribution is 2.38. The molecule has 0 amide bonds. The normalized spacial score (nSPS) is 19.6. The standard InChI is InChI=1S/C23H29NO3/c1-26-19-6-7-20-18(15-19)10-12-24(11-9-16-3-4-16)21(20)13-17-5-8-23(27-2)22(25)14-17/h5-8,14-16,21,25H,3-4,9-13H2,1-2H3. The topological polar surface area (TPSA) is 41.9 Å². The van der Waals surface area contributed by atoms with Gasteiger partial charge in [0.2, 0.25) is 0 Å². The minimum absolute atomic E-state index is 0.213. The summed E-state index contributed by atoms with van der Waals surface area (Å²) >= 11 is 0. The summed E-state index contributed by atoms with van der Waals surface area (Å²) in [4.78, 5) is 2.63. The number of fused-ring (bicyclic) bond motifs is 1. The van der Waals surface area contributed by atoms with Crippen LogP contribution in [0.1, 0.15) is 42.0 Å². The number of hydrogen-bond donors (Lipinski definition) is 1. The van der Waals surface area contributed by atoms with Crippen LogP contribution in [0.3, 0.4) is 0 Å². The zero-order valence-corrected chi connectivity index (χ0v) is 16.3. The van der Waals surface area contributed by atoms with Crippen molar-refractivity contribution < 1.29 is 14.6 Å². The van der Waals surface area contributed by atoms with Crippen LogP contribution >= 0.6 is 0 Å². The molecule has 2 aromatic rings. The average molecular weight is 367 g/mol. The van der Waals surface area contributed by atoms with Crippen LogP contribution in [-0.4, -0.2) is 37.3 Å². The number of hydrogen-bond acceptors (Lipinski definition) is 4. The first kappa shape index (κ1) is 18.2. The Morgan fingerprint density at radius 1 is 1.07 bits per heavy atom. The van der Waals surface area contributed by atoms with Crippen molar-refractivity contribution in [3.63, 3.8) is 0 Å². The van der Waals surface area contributed by atoms with Crippen LogP contribution in [0.2, 0.25) is 0 Å². The number of rotatable bonds is 7. The molecule has 4 rings (SSSR count). The fraction of sp³-hybridized carbons (Fsp3) is 0.478. The molecule has 0 bridgehead atoms. The van der Waals surface area contributed by atoms with E-state index < -0.39 is 0 Å². The van der Waals surface area contributed by atoms with Crippen molar-refractivity contribution in [1.82, 2.24) is 4.90 Å². The van der Waals surface area contributed by atoms with E-state index in [9.17, 15) is 5.11 Å². The predicted molar refractivity (Wildman–Crippen MR) is 107 cm³/mol. The van der Waals surface area contributed by atoms with E-state index in [1.54, 1.807) is 14.2 Å². The Bertz CT molecular complexity index is 800. The van der Waals surface area contributed by atoms with E-state index >= 15 is 0 Å². The summed E-state index contributed by atoms with van der Waals surface area (Å²) in [6.07, 6.45) is 6.07. The summed E-state index contributed by atoms with van der Waals surface area (Å²) in [5, 5.41) is 10.2. The second kappa shape index (κ2) is 7.81. The Morgan fingerprint density at radius 3 is 2.63 bits per heavy atom. The van der Waals surface area contributed by atoms with E-state index in [-0.39, 0.29) is 5.75 Å². The third kappa shape index (κ3) is 4.06. The molecule has 1 fully saturated rings. The molecule has 1 aliphatic carbocycles. The van der Waals surface area contributed by atoms with Crippen LogP contribution in [0.25, 0.3) is 0 Å². The molecule has 0 spiro atoms. The van der Waals surface area contributed by atoms with Gasteiger partial charge in [-0.3, -0.25) is 4.90 Å². The van der Waals surface area contributed by atoms with Crippen LogP contribution in [-0.2, 0) is 12.8 Å². The summed E-state index contributed by atoms with van der Waals surface area (Å²) in [7, 11) is 3.31. The van der Waals surface area contributed by atoms with E-state index in [4.69, 9.17) is 9.47 Å². The number of aromatic hydroxyl groups is 1. The van der Waals surface area contributed by atoms with Gasteiger partial charge in [0.05, 0.1) is 14.2 Å². The first-order valence-corrected chi connectivity index (χ1v) is 9.94. The third-order valence-corrected chi connectivity index (χ3v) is 6.01. The van der Waals surface area contributed by atoms with Crippen molar-refractivity contribution in [1.29, 1.82) is 0 Å². The number of methoxy groups -OCH3 is 2. The summed E-state index contributed by atoms with van der Waals surface area (Å²) in [5.74, 6) is 2.61. The van der Waals surface area contributed by atoms with Crippen molar-refractivity contribution in [2.45, 2.75) is 38.1 Å². The van der Waals surface area contributed by atoms with E-state index in [2.05, 4.69) is 29.2 Å². The van der Waals surface area contributed by atoms with E-state index in [0.717, 1.165) is 43.2 Å². The third-order valence-electron chi connectivity index (χ3n) is 6.01. The highest BCUT2D eigenvalue weighted by atomic mass is 16.5. The maximum absolute atomic E-state index is 10.2. The lowest BCUT2D eigenvalue weighted by atomic mass is 9.88. The van der Waals surface area contributed by atoms with Crippen LogP contribution < -0.4 is 9.47 Å². The molecule has 1 unspecified atom stereocenters. The zero-order valence-electron chi connectivity index (χ0n) is 16.3. The molecular formula is C23H29NO3. The largest absolute Gasteiger partial charge is 0.504 e. The molecule has 0 aromatic heterocycles. The summed E-state index contributed by atoms with van der Waals surface area (Å²) in [5.41, 5.74) is 3.92. The minimum atomic E-state index is 0.213. The maximum Gasteiger partial charge on any atom is 0.160 e. The molecule has 2 aromatic carbocycles. The van der Waals surface area contributed by atoms with Crippen molar-refractivity contribution in [3.8, 4) is 17.2 Å². The van der Waals surface area contributed by atoms with Gasteiger partial charge in [0.25, 0.3) is 0 Å². The maximum atomic E-state index is 10.2. The molecule has 1 N–H and O–H groups in total. The Labute approximate surface area is 161 Å². The second-order valence-corrected chi connectivity index (χ2v) is 7.81. The zero-order chi connectivity index (χ0) is 18.8. The quantitative estimate of drug-likeness (QED) is 0.790. The van der Waals surface area contributed by atoms with Gasteiger partial charge in [-0.15, -0.1) is 0 Å². The first-order chi connectivity index (χ1) is 13.2. The van der Waals surface area contributed by atoms with E-state index in [1.165, 1.54) is 30.4 Å². The molecule has 4 nitrogen and oxygen atoms in total. The lowest BCUT2D eigenvalue weighted by molar-refractivity contribution is 0.178. The number of ether oxygens (including phenoxy) is 2. The van der Waals surface area contributed by atoms with Crippen LogP contribution in [0.5, 0.6) is 17.2 Å². The Kier molecular flexibility index (Phi) is 5.26. The lowest BCUT2D eigenvalue weighted by Crippen LogP contribution is -2.37. The molecule has 0 radical (unpaired) electrons. The lowest BCUT2D eigenvalue weighted by Gasteiger charge is -2.38. The first-order valence-electron chi connectivity index (χ1n) is 9.94. The van der Waals surface area contributed by atoms with Crippen LogP contribution in [0.4, 0.5) is 0 Å². The predicted octanol–water partition coefficient (Wildman–Crippen LogP) is 4.35. The second-order valence-electron chi connectivity index (χ2n) is 7.81. The Morgan fingerprint density at radius 2 is 1.93 bits per heavy atom. The fourth-order valence-electron chi connectivity index (χ4n) is 4.21. The number of phenols is 1. The molecule has 1 heterocycles. The van der Waals surface area contributed by atoms with Crippen molar-refractivity contribution in [2.24, 2.45) is 5.92 Å². The van der Waals surface area contributed by atoms with Gasteiger partial charge in [-0.25, -0.2) is 0 Å². The van der Waals surface area contributed by atoms with Gasteiger partial charge in [-0.2, -0.15) is 0 Å². The van der Waals surface area contributed by atoms with Gasteiger partial charge in [-0.1, -0.05) is 25.0 Å². The van der Waals surface area contributed by atoms with Gasteiger partial charge in [0, 0.05) is 12.6 Å². The van der Waals surface area contributed by atoms with Crippen molar-refractivity contribution in [3.05, 3.63) is 53.1 Å². The minimum Gasteiger partial charge on any atom is -0.504 e. The highest BCUT2D eigenvalue weighted by molar-refractivity contribution is 5.44. The SMILES string of the molecule is COc1ccc2c(c1)CCN(CCC1CC1)C2Cc1ccc(OC)c(O)c1. The molecule has 1 saturated carbocycles. The molecule has 144 valence electrons. The summed E-state index contributed by atoms with van der Waals surface area (Å²) < 4.78 is 10.6. The smallest absolute Gasteiger partial charge is 0.160 e. The molecule has 27 heavy (non-hydrogen) atoms. The molecule has 4 heteroatoms. The Hall–Kier alpha value is -2.20. The van der Waals surface area contributed by atoms with Gasteiger partial charge in [0.15, 0.2) is 11.5 Å². The van der Waals surface area contributed by atoms with Gasteiger partial charge < -0.3 is 14.6 Å². The average Bonchev–Trinajstić information content (AvgIpc) is 3.51. The molecule has 0 saturated heterocycles. The number of phenolic OH excluding ortho intramolecular Hbond substituents is 1. The van der Waals surface area contributed by atoms with Crippen molar-refractivity contribution in [2.75, 3.05) is 27.3 Å². The van der Waals surface area contributed by atoms with E-state index in [0.29, 0.717) is 11.8 Å². The van der Waals surface area contributed by atoms with Gasteiger partial charge in [0.1, 0.15) is 5.75 Å². The molecule has 1 aliphatic heterocycles. The molecular weight excluding hydrogens is 338 g/mol. The van der Waals surface area contributed by atoms with Crippen LogP contribution in [0, 0.1) is 5.92 Å². The summed E-state index contributed by atoms with van der Waals surface area (Å²) in [6.45, 7) is 2.24. The monoisotopic (exact) mass is 367 g/mol. The number of benzene rings is 2. The molecule has 2 aliphatic rings. The van der Waals surface area contributed by atoms with Crippen molar-refractivity contribution >= 4 is 0 Å². The summed E-state index contributed by atoms with van der Waals surface area (Å²) in [6, 6.07) is 12.6. The van der Waals surface area contributed by atoms with Gasteiger partial charge in [-0.05, 0) is 72.7 Å². The van der Waals surface area contributed by atoms with E-state index in [1.807, 2.05) is 12.1 Å². The Balaban J connectivity index is 1.60. The number of nitrogens with zero attached hydrogens (tertiary/aromatic N) is 1. The van der Waals surface area contributed by atoms with Gasteiger partial charge >= 0.3 is 0 Å². The van der Waals surface area contributed by atoms with Crippen LogP contribution in [0.15, 0.2) is 36.4 Å².